The van der Waals surface area contributed by atoms with E-state index in [-0.39, 0.29) is 16.8 Å². The summed E-state index contributed by atoms with van der Waals surface area (Å²) >= 11 is 0. The zero-order valence-electron chi connectivity index (χ0n) is 12.5. The first-order chi connectivity index (χ1) is 9.71. The second-order valence-corrected chi connectivity index (χ2v) is 8.23. The van der Waals surface area contributed by atoms with Crippen molar-refractivity contribution in [2.75, 3.05) is 6.54 Å². The number of carbonyl (C=O) groups excluding carboxylic acids is 1. The highest BCUT2D eigenvalue weighted by Gasteiger charge is 2.26. The van der Waals surface area contributed by atoms with Crippen molar-refractivity contribution in [1.29, 1.82) is 0 Å². The van der Waals surface area contributed by atoms with Crippen molar-refractivity contribution in [3.63, 3.8) is 0 Å². The maximum absolute atomic E-state index is 12.6. The van der Waals surface area contributed by atoms with E-state index in [0.29, 0.717) is 11.1 Å². The molecular formula is C15H20ClNO3S. The summed E-state index contributed by atoms with van der Waals surface area (Å²) in [4.78, 5) is 14.5. The molecule has 1 aliphatic heterocycles. The first-order valence-electron chi connectivity index (χ1n) is 7.08. The van der Waals surface area contributed by atoms with Crippen LogP contribution in [0.2, 0.25) is 0 Å². The number of likely N-dealkylation sites (tertiary alicyclic amines) is 1. The number of aryl methyl sites for hydroxylation is 1. The molecule has 1 aliphatic rings. The number of hydrogen-bond donors (Lipinski definition) is 0. The fraction of sp³-hybridized carbons (Fsp3) is 0.533. The van der Waals surface area contributed by atoms with Gasteiger partial charge in [0.2, 0.25) is 0 Å². The minimum absolute atomic E-state index is 0.0252. The maximum atomic E-state index is 12.6. The number of piperidine rings is 1. The number of rotatable bonds is 2. The average Bonchev–Trinajstić information content (AvgIpc) is 2.40. The molecule has 0 bridgehead atoms. The number of halogens is 1. The van der Waals surface area contributed by atoms with Gasteiger partial charge in [-0.3, -0.25) is 4.79 Å². The van der Waals surface area contributed by atoms with Crippen molar-refractivity contribution in [3.05, 3.63) is 28.8 Å². The van der Waals surface area contributed by atoms with Gasteiger partial charge in [0.25, 0.3) is 15.0 Å². The molecule has 1 saturated heterocycles. The predicted octanol–water partition coefficient (Wildman–Crippen LogP) is 3.25. The molecule has 116 valence electrons. The summed E-state index contributed by atoms with van der Waals surface area (Å²) in [6.07, 6.45) is 3.10. The fourth-order valence-corrected chi connectivity index (χ4v) is 4.04. The lowest BCUT2D eigenvalue weighted by Gasteiger charge is -2.33. The summed E-state index contributed by atoms with van der Waals surface area (Å²) in [6.45, 7) is 6.23. The number of nitrogens with zero attached hydrogens (tertiary/aromatic N) is 1. The van der Waals surface area contributed by atoms with Gasteiger partial charge < -0.3 is 4.90 Å². The molecule has 0 spiro atoms. The van der Waals surface area contributed by atoms with Crippen LogP contribution in [0.3, 0.4) is 0 Å². The van der Waals surface area contributed by atoms with Gasteiger partial charge in [-0.25, -0.2) is 8.42 Å². The van der Waals surface area contributed by atoms with E-state index in [1.165, 1.54) is 6.07 Å². The topological polar surface area (TPSA) is 54.5 Å². The Morgan fingerprint density at radius 3 is 2.52 bits per heavy atom. The van der Waals surface area contributed by atoms with Gasteiger partial charge in [0.05, 0.1) is 4.90 Å². The maximum Gasteiger partial charge on any atom is 0.261 e. The molecule has 1 unspecified atom stereocenters. The molecule has 1 amide bonds. The monoisotopic (exact) mass is 329 g/mol. The molecule has 1 aromatic rings. The Morgan fingerprint density at radius 2 is 1.95 bits per heavy atom. The van der Waals surface area contributed by atoms with Gasteiger partial charge in [-0.15, -0.1) is 0 Å². The third kappa shape index (κ3) is 3.40. The SMILES string of the molecule is Cc1cc(C(=O)N2CCCCC2C)cc(S(=O)(=O)Cl)c1C. The van der Waals surface area contributed by atoms with Crippen LogP contribution in [0.1, 0.15) is 47.7 Å². The van der Waals surface area contributed by atoms with Gasteiger partial charge >= 0.3 is 0 Å². The first-order valence-corrected chi connectivity index (χ1v) is 9.39. The third-order valence-electron chi connectivity index (χ3n) is 4.19. The standard InChI is InChI=1S/C15H20ClNO3S/c1-10-8-13(9-14(12(10)3)21(16,19)20)15(18)17-7-5-4-6-11(17)2/h8-9,11H,4-7H2,1-3H3. The van der Waals surface area contributed by atoms with Crippen molar-refractivity contribution in [3.8, 4) is 0 Å². The molecule has 2 rings (SSSR count). The highest BCUT2D eigenvalue weighted by Crippen LogP contribution is 2.26. The van der Waals surface area contributed by atoms with Gasteiger partial charge in [0, 0.05) is 28.8 Å². The number of carbonyl (C=O) groups is 1. The van der Waals surface area contributed by atoms with Gasteiger partial charge in [0.15, 0.2) is 0 Å². The summed E-state index contributed by atoms with van der Waals surface area (Å²) in [5.41, 5.74) is 1.74. The summed E-state index contributed by atoms with van der Waals surface area (Å²) in [7, 11) is 1.62. The van der Waals surface area contributed by atoms with E-state index in [0.717, 1.165) is 31.4 Å². The third-order valence-corrected chi connectivity index (χ3v) is 5.64. The van der Waals surface area contributed by atoms with Crippen LogP contribution in [0.4, 0.5) is 0 Å². The minimum atomic E-state index is -3.85. The van der Waals surface area contributed by atoms with Crippen LogP contribution in [0.5, 0.6) is 0 Å². The molecule has 0 aliphatic carbocycles. The fourth-order valence-electron chi connectivity index (χ4n) is 2.77. The highest BCUT2D eigenvalue weighted by atomic mass is 35.7. The van der Waals surface area contributed by atoms with Crippen LogP contribution >= 0.6 is 10.7 Å². The lowest BCUT2D eigenvalue weighted by atomic mass is 10.0. The molecule has 1 fully saturated rings. The molecule has 6 heteroatoms. The van der Waals surface area contributed by atoms with Gasteiger partial charge in [-0.2, -0.15) is 0 Å². The van der Waals surface area contributed by atoms with Crippen molar-refractivity contribution >= 4 is 25.6 Å². The molecule has 0 saturated carbocycles. The Kier molecular flexibility index (Phi) is 4.63. The van der Waals surface area contributed by atoms with E-state index in [2.05, 4.69) is 0 Å². The van der Waals surface area contributed by atoms with Crippen molar-refractivity contribution in [2.24, 2.45) is 0 Å². The second kappa shape index (κ2) is 5.97. The smallest absolute Gasteiger partial charge is 0.261 e. The molecule has 1 heterocycles. The minimum Gasteiger partial charge on any atom is -0.336 e. The second-order valence-electron chi connectivity index (χ2n) is 5.70. The molecular weight excluding hydrogens is 310 g/mol. The quantitative estimate of drug-likeness (QED) is 0.783. The molecule has 1 aromatic carbocycles. The largest absolute Gasteiger partial charge is 0.336 e. The number of amides is 1. The Labute approximate surface area is 130 Å². The Bertz CT molecular complexity index is 670. The molecule has 21 heavy (non-hydrogen) atoms. The van der Waals surface area contributed by atoms with Gasteiger partial charge in [-0.05, 0) is 63.3 Å². The Morgan fingerprint density at radius 1 is 1.29 bits per heavy atom. The summed E-state index contributed by atoms with van der Waals surface area (Å²) < 4.78 is 23.3. The van der Waals surface area contributed by atoms with E-state index in [4.69, 9.17) is 10.7 Å². The van der Waals surface area contributed by atoms with E-state index in [1.807, 2.05) is 11.8 Å². The molecule has 1 atom stereocenters. The van der Waals surface area contributed by atoms with Gasteiger partial charge in [-0.1, -0.05) is 0 Å². The Balaban J connectivity index is 2.45. The van der Waals surface area contributed by atoms with Crippen LogP contribution in [0.25, 0.3) is 0 Å². The van der Waals surface area contributed by atoms with E-state index < -0.39 is 9.05 Å². The molecule has 0 aromatic heterocycles. The van der Waals surface area contributed by atoms with Crippen LogP contribution < -0.4 is 0 Å². The summed E-state index contributed by atoms with van der Waals surface area (Å²) in [5, 5.41) is 0. The lowest BCUT2D eigenvalue weighted by Crippen LogP contribution is -2.42. The van der Waals surface area contributed by atoms with E-state index in [1.54, 1.807) is 19.9 Å². The average molecular weight is 330 g/mol. The van der Waals surface area contributed by atoms with Crippen LogP contribution in [0, 0.1) is 13.8 Å². The number of hydrogen-bond acceptors (Lipinski definition) is 3. The van der Waals surface area contributed by atoms with Crippen LogP contribution in [-0.4, -0.2) is 31.8 Å². The van der Waals surface area contributed by atoms with Crippen LogP contribution in [0.15, 0.2) is 17.0 Å². The van der Waals surface area contributed by atoms with Crippen molar-refractivity contribution < 1.29 is 13.2 Å². The normalized spacial score (nSPS) is 19.6. The zero-order valence-corrected chi connectivity index (χ0v) is 14.1. The van der Waals surface area contributed by atoms with Crippen molar-refractivity contribution in [1.82, 2.24) is 4.90 Å². The summed E-state index contributed by atoms with van der Waals surface area (Å²) in [5.74, 6) is -0.119. The highest BCUT2D eigenvalue weighted by molar-refractivity contribution is 8.13. The predicted molar refractivity (Wildman–Crippen MR) is 83.3 cm³/mol. The van der Waals surface area contributed by atoms with Crippen molar-refractivity contribution in [2.45, 2.75) is 51.0 Å². The van der Waals surface area contributed by atoms with Gasteiger partial charge in [0.1, 0.15) is 0 Å². The first kappa shape index (κ1) is 16.3. The number of benzene rings is 1. The zero-order chi connectivity index (χ0) is 15.8. The van der Waals surface area contributed by atoms with E-state index in [9.17, 15) is 13.2 Å². The molecule has 4 nitrogen and oxygen atoms in total. The lowest BCUT2D eigenvalue weighted by molar-refractivity contribution is 0.0635. The molecule has 0 N–H and O–H groups in total. The van der Waals surface area contributed by atoms with E-state index >= 15 is 0 Å². The summed E-state index contributed by atoms with van der Waals surface area (Å²) in [6, 6.07) is 3.32. The van der Waals surface area contributed by atoms with Crippen LogP contribution in [-0.2, 0) is 9.05 Å². The molecule has 0 radical (unpaired) electrons. The Hall–Kier alpha value is -1.07.